The monoisotopic (exact) mass is 702 g/mol. The number of esters is 2. The van der Waals surface area contributed by atoms with Crippen molar-refractivity contribution in [1.82, 2.24) is 4.57 Å². The van der Waals surface area contributed by atoms with Gasteiger partial charge in [-0.1, -0.05) is 33.3 Å². The molecule has 4 rings (SSSR count). The average Bonchev–Trinajstić information content (AvgIpc) is 3.30. The molecule has 1 aliphatic heterocycles. The Hall–Kier alpha value is -4.10. The van der Waals surface area contributed by atoms with Gasteiger partial charge in [0.1, 0.15) is 0 Å². The number of halogens is 1. The first kappa shape index (κ1) is 33.8. The van der Waals surface area contributed by atoms with Crippen LogP contribution in [0.2, 0.25) is 0 Å². The average molecular weight is 704 g/mol. The molecule has 11 nitrogen and oxygen atoms in total. The van der Waals surface area contributed by atoms with E-state index in [1.807, 2.05) is 13.8 Å². The van der Waals surface area contributed by atoms with Crippen LogP contribution in [0.15, 0.2) is 55.9 Å². The summed E-state index contributed by atoms with van der Waals surface area (Å²) in [5.74, 6) is 0.608. The van der Waals surface area contributed by atoms with Gasteiger partial charge in [-0.05, 0) is 76.1 Å². The van der Waals surface area contributed by atoms with Crippen LogP contribution in [-0.2, 0) is 19.1 Å². The van der Waals surface area contributed by atoms with E-state index in [0.29, 0.717) is 53.6 Å². The fourth-order valence-corrected chi connectivity index (χ4v) is 6.20. The lowest BCUT2D eigenvalue weighted by molar-refractivity contribution is -0.145. The van der Waals surface area contributed by atoms with Gasteiger partial charge in [-0.25, -0.2) is 14.6 Å². The molecule has 2 heterocycles. The van der Waals surface area contributed by atoms with Gasteiger partial charge in [-0.2, -0.15) is 0 Å². The maximum absolute atomic E-state index is 14.1. The molecule has 0 saturated carbocycles. The van der Waals surface area contributed by atoms with Crippen molar-refractivity contribution in [3.8, 4) is 23.0 Å². The third-order valence-electron chi connectivity index (χ3n) is 6.60. The van der Waals surface area contributed by atoms with Gasteiger partial charge in [0.2, 0.25) is 0 Å². The highest BCUT2D eigenvalue weighted by molar-refractivity contribution is 9.10. The van der Waals surface area contributed by atoms with E-state index in [1.54, 1.807) is 57.2 Å². The second-order valence-corrected chi connectivity index (χ2v) is 11.9. The lowest BCUT2D eigenvalue weighted by Gasteiger charge is -2.25. The second kappa shape index (κ2) is 14.8. The van der Waals surface area contributed by atoms with Crippen LogP contribution in [0.3, 0.4) is 0 Å². The van der Waals surface area contributed by atoms with Crippen LogP contribution in [0.5, 0.6) is 23.0 Å². The van der Waals surface area contributed by atoms with E-state index in [2.05, 4.69) is 20.9 Å². The largest absolute Gasteiger partial charge is 0.493 e. The highest BCUT2D eigenvalue weighted by Gasteiger charge is 2.34. The minimum atomic E-state index is -0.832. The first-order valence-electron chi connectivity index (χ1n) is 14.2. The maximum Gasteiger partial charge on any atom is 0.344 e. The number of benzene rings is 2. The molecule has 1 aliphatic rings. The van der Waals surface area contributed by atoms with Gasteiger partial charge in [-0.15, -0.1) is 0 Å². The molecule has 0 unspecified atom stereocenters. The molecule has 0 N–H and O–H groups in total. The number of carbonyl (C=O) groups excluding carboxylic acids is 2. The van der Waals surface area contributed by atoms with E-state index >= 15 is 0 Å². The zero-order valence-electron chi connectivity index (χ0n) is 26.1. The number of hydrogen-bond acceptors (Lipinski definition) is 11. The summed E-state index contributed by atoms with van der Waals surface area (Å²) in [6.07, 6.45) is 1.61. The number of fused-ring (bicyclic) bond motifs is 1. The van der Waals surface area contributed by atoms with Gasteiger partial charge in [0.15, 0.2) is 34.4 Å². The van der Waals surface area contributed by atoms with E-state index in [4.69, 9.17) is 28.4 Å². The molecule has 240 valence electrons. The van der Waals surface area contributed by atoms with Crippen molar-refractivity contribution >= 4 is 45.3 Å². The summed E-state index contributed by atoms with van der Waals surface area (Å²) in [7, 11) is 3.01. The van der Waals surface area contributed by atoms with Crippen LogP contribution >= 0.6 is 27.3 Å². The Morgan fingerprint density at radius 2 is 1.71 bits per heavy atom. The number of thiazole rings is 1. The van der Waals surface area contributed by atoms with Gasteiger partial charge in [0.25, 0.3) is 5.56 Å². The van der Waals surface area contributed by atoms with E-state index in [9.17, 15) is 14.4 Å². The minimum absolute atomic E-state index is 0.0872. The van der Waals surface area contributed by atoms with Gasteiger partial charge in [0.05, 0.1) is 55.4 Å². The van der Waals surface area contributed by atoms with Gasteiger partial charge in [-0.3, -0.25) is 9.36 Å². The van der Waals surface area contributed by atoms with E-state index in [0.717, 1.165) is 0 Å². The molecule has 0 fully saturated rings. The van der Waals surface area contributed by atoms with Crippen molar-refractivity contribution in [2.75, 3.05) is 34.0 Å². The van der Waals surface area contributed by atoms with Crippen molar-refractivity contribution in [3.63, 3.8) is 0 Å². The van der Waals surface area contributed by atoms with Crippen LogP contribution in [-0.4, -0.2) is 56.6 Å². The van der Waals surface area contributed by atoms with Crippen LogP contribution in [0.1, 0.15) is 51.8 Å². The molecule has 13 heteroatoms. The molecule has 0 spiro atoms. The number of ether oxygens (including phenoxy) is 6. The maximum atomic E-state index is 14.1. The predicted octanol–water partition coefficient (Wildman–Crippen LogP) is 4.31. The molecule has 45 heavy (non-hydrogen) atoms. The normalized spacial score (nSPS) is 14.5. The zero-order chi connectivity index (χ0) is 32.8. The summed E-state index contributed by atoms with van der Waals surface area (Å²) < 4.78 is 35.4. The van der Waals surface area contributed by atoms with Crippen LogP contribution < -0.4 is 33.8 Å². The third kappa shape index (κ3) is 7.42. The Bertz CT molecular complexity index is 1810. The molecule has 1 aromatic heterocycles. The van der Waals surface area contributed by atoms with Gasteiger partial charge >= 0.3 is 11.9 Å². The van der Waals surface area contributed by atoms with Gasteiger partial charge in [0, 0.05) is 4.47 Å². The van der Waals surface area contributed by atoms with Crippen molar-refractivity contribution in [1.29, 1.82) is 0 Å². The number of carbonyl (C=O) groups is 2. The highest BCUT2D eigenvalue weighted by Crippen LogP contribution is 2.37. The van der Waals surface area contributed by atoms with Crippen molar-refractivity contribution in [3.05, 3.63) is 76.9 Å². The first-order valence-corrected chi connectivity index (χ1v) is 15.8. The Balaban J connectivity index is 1.86. The third-order valence-corrected chi connectivity index (χ3v) is 8.27. The number of aromatic nitrogens is 1. The molecule has 0 saturated heterocycles. The Kier molecular flexibility index (Phi) is 11.1. The molecule has 3 aromatic rings. The predicted molar refractivity (Wildman–Crippen MR) is 172 cm³/mol. The van der Waals surface area contributed by atoms with Gasteiger partial charge < -0.3 is 28.4 Å². The topological polar surface area (TPSA) is 124 Å². The highest BCUT2D eigenvalue weighted by atomic mass is 79.9. The lowest BCUT2D eigenvalue weighted by Crippen LogP contribution is -2.40. The van der Waals surface area contributed by atoms with Crippen molar-refractivity contribution in [2.24, 2.45) is 4.99 Å². The summed E-state index contributed by atoms with van der Waals surface area (Å²) in [4.78, 5) is 44.2. The number of allylic oxidation sites excluding steroid dienone is 1. The van der Waals surface area contributed by atoms with Crippen LogP contribution in [0.4, 0.5) is 0 Å². The Morgan fingerprint density at radius 3 is 2.36 bits per heavy atom. The second-order valence-electron chi connectivity index (χ2n) is 10.00. The number of hydrogen-bond donors (Lipinski definition) is 0. The molecular weight excluding hydrogens is 668 g/mol. The van der Waals surface area contributed by atoms with E-state index < -0.39 is 18.0 Å². The van der Waals surface area contributed by atoms with Crippen molar-refractivity contribution in [2.45, 2.75) is 46.8 Å². The molecule has 0 amide bonds. The fraction of sp³-hybridized carbons (Fsp3) is 0.375. The number of rotatable bonds is 12. The lowest BCUT2D eigenvalue weighted by atomic mass is 9.95. The molecule has 0 aliphatic carbocycles. The SMILES string of the molecule is CCOC(=O)COc1cc(Br)c(/C=c2\sc3n(c2=O)[C@@H](c2ccc(OC(C)C)c(OC)c2)C(C(=O)OCC)=C(C)N=3)cc1OC. The first-order chi connectivity index (χ1) is 21.5. The number of methoxy groups -OCH3 is 2. The smallest absolute Gasteiger partial charge is 0.344 e. The summed E-state index contributed by atoms with van der Waals surface area (Å²) in [6, 6.07) is 7.83. The summed E-state index contributed by atoms with van der Waals surface area (Å²) in [5.41, 5.74) is 1.59. The Labute approximate surface area is 272 Å². The van der Waals surface area contributed by atoms with Crippen LogP contribution in [0.25, 0.3) is 6.08 Å². The molecule has 0 radical (unpaired) electrons. The van der Waals surface area contributed by atoms with E-state index in [1.165, 1.54) is 30.1 Å². The molecular formula is C32H35BrN2O9S. The quantitative estimate of drug-likeness (QED) is 0.254. The standard InChI is InChI=1S/C32H35BrN2O9S/c1-8-41-27(36)16-43-25-15-21(33)20(13-24(25)40-7)14-26-30(37)35-29(19-10-11-22(44-17(3)4)23(12-19)39-6)28(31(38)42-9-2)18(5)34-32(35)45-26/h10-15,17,29H,8-9,16H2,1-7H3/b26-14-/t29-/m0/s1. The zero-order valence-corrected chi connectivity index (χ0v) is 28.5. The molecule has 1 atom stereocenters. The summed E-state index contributed by atoms with van der Waals surface area (Å²) >= 11 is 4.73. The van der Waals surface area contributed by atoms with Crippen LogP contribution in [0, 0.1) is 0 Å². The molecule has 2 aromatic carbocycles. The molecule has 0 bridgehead atoms. The Morgan fingerprint density at radius 1 is 1.02 bits per heavy atom. The van der Waals surface area contributed by atoms with Crippen molar-refractivity contribution < 1.29 is 38.0 Å². The van der Waals surface area contributed by atoms with E-state index in [-0.39, 0.29) is 37.1 Å². The summed E-state index contributed by atoms with van der Waals surface area (Å²) in [5, 5.41) is 0. The fourth-order valence-electron chi connectivity index (χ4n) is 4.73. The number of nitrogens with zero attached hydrogens (tertiary/aromatic N) is 2. The minimum Gasteiger partial charge on any atom is -0.493 e. The summed E-state index contributed by atoms with van der Waals surface area (Å²) in [6.45, 7) is 9.09.